The van der Waals surface area contributed by atoms with Gasteiger partial charge in [0, 0.05) is 5.02 Å². The molecule has 0 aliphatic carbocycles. The van der Waals surface area contributed by atoms with Crippen LogP contribution in [-0.4, -0.2) is 25.1 Å². The monoisotopic (exact) mass is 392 g/mol. The summed E-state index contributed by atoms with van der Waals surface area (Å²) in [5.74, 6) is -0.410. The Morgan fingerprint density at radius 1 is 1.35 bits per heavy atom. The number of carbonyl (C=O) groups excluding carboxylic acids is 2. The van der Waals surface area contributed by atoms with E-state index in [1.165, 1.54) is 0 Å². The molecule has 2 rings (SSSR count). The smallest absolute Gasteiger partial charge is 0.348 e. The number of nitrogens with zero attached hydrogens (tertiary/aromatic N) is 1. The van der Waals surface area contributed by atoms with Gasteiger partial charge in [0.1, 0.15) is 21.7 Å². The van der Waals surface area contributed by atoms with Crippen molar-refractivity contribution < 1.29 is 19.1 Å². The van der Waals surface area contributed by atoms with Gasteiger partial charge in [-0.25, -0.2) is 4.79 Å². The topological polar surface area (TPSA) is 88.4 Å². The van der Waals surface area contributed by atoms with Gasteiger partial charge in [0.2, 0.25) is 0 Å². The van der Waals surface area contributed by atoms with E-state index in [2.05, 4.69) is 5.32 Å². The van der Waals surface area contributed by atoms with Gasteiger partial charge < -0.3 is 14.8 Å². The van der Waals surface area contributed by atoms with Gasteiger partial charge in [-0.15, -0.1) is 11.3 Å². The number of halogens is 1. The Hall–Kier alpha value is -2.56. The summed E-state index contributed by atoms with van der Waals surface area (Å²) in [5.41, 5.74) is 1.54. The Bertz CT molecular complexity index is 886. The van der Waals surface area contributed by atoms with E-state index in [-0.39, 0.29) is 18.8 Å². The average molecular weight is 393 g/mol. The number of thiophene rings is 1. The highest BCUT2D eigenvalue weighted by Gasteiger charge is 2.22. The van der Waals surface area contributed by atoms with E-state index in [9.17, 15) is 14.9 Å². The second kappa shape index (κ2) is 8.70. The molecule has 0 saturated carbocycles. The van der Waals surface area contributed by atoms with E-state index >= 15 is 0 Å². The standard InChI is InChI=1S/C18H17ClN2O4S/c1-4-24-18(23)16-11(3)13(8-20)17(26-16)21-15(22)9-25-14-6-5-12(19)7-10(14)2/h5-7H,4,9H2,1-3H3,(H,21,22). The summed E-state index contributed by atoms with van der Waals surface area (Å²) in [7, 11) is 0. The van der Waals surface area contributed by atoms with E-state index in [1.807, 2.05) is 13.0 Å². The van der Waals surface area contributed by atoms with Crippen molar-refractivity contribution in [1.82, 2.24) is 0 Å². The minimum absolute atomic E-state index is 0.230. The second-order valence-electron chi connectivity index (χ2n) is 5.34. The largest absolute Gasteiger partial charge is 0.483 e. The summed E-state index contributed by atoms with van der Waals surface area (Å²) in [5, 5.41) is 12.8. The van der Waals surface area contributed by atoms with Crippen LogP contribution in [0.5, 0.6) is 5.75 Å². The first-order valence-electron chi connectivity index (χ1n) is 7.76. The molecule has 0 saturated heterocycles. The first-order chi connectivity index (χ1) is 12.4. The summed E-state index contributed by atoms with van der Waals surface area (Å²) in [6.45, 7) is 5.16. The van der Waals surface area contributed by atoms with Gasteiger partial charge in [-0.1, -0.05) is 11.6 Å². The molecule has 6 nitrogen and oxygen atoms in total. The number of hydrogen-bond donors (Lipinski definition) is 1. The van der Waals surface area contributed by atoms with Crippen LogP contribution < -0.4 is 10.1 Å². The molecule has 1 amide bonds. The number of benzene rings is 1. The van der Waals surface area contributed by atoms with Crippen molar-refractivity contribution in [2.75, 3.05) is 18.5 Å². The molecular weight excluding hydrogens is 376 g/mol. The molecule has 26 heavy (non-hydrogen) atoms. The fourth-order valence-corrected chi connectivity index (χ4v) is 3.50. The van der Waals surface area contributed by atoms with Crippen LogP contribution in [0.25, 0.3) is 0 Å². The number of ether oxygens (including phenoxy) is 2. The van der Waals surface area contributed by atoms with Gasteiger partial charge in [0.15, 0.2) is 6.61 Å². The van der Waals surface area contributed by atoms with Crippen LogP contribution >= 0.6 is 22.9 Å². The summed E-state index contributed by atoms with van der Waals surface area (Å²) in [6, 6.07) is 7.09. The number of carbonyl (C=O) groups is 2. The van der Waals surface area contributed by atoms with Gasteiger partial charge in [0.25, 0.3) is 5.91 Å². The molecule has 1 aromatic heterocycles. The van der Waals surface area contributed by atoms with Crippen LogP contribution in [0, 0.1) is 25.2 Å². The third-order valence-electron chi connectivity index (χ3n) is 3.47. The molecule has 0 spiro atoms. The van der Waals surface area contributed by atoms with Crippen molar-refractivity contribution in [3.63, 3.8) is 0 Å². The maximum atomic E-state index is 12.2. The Labute approximate surface area is 160 Å². The summed E-state index contributed by atoms with van der Waals surface area (Å²) >= 11 is 6.90. The van der Waals surface area contributed by atoms with E-state index in [4.69, 9.17) is 21.1 Å². The van der Waals surface area contributed by atoms with E-state index in [0.717, 1.165) is 16.9 Å². The molecule has 8 heteroatoms. The first kappa shape index (κ1) is 19.8. The number of anilines is 1. The highest BCUT2D eigenvalue weighted by molar-refractivity contribution is 7.18. The number of nitriles is 1. The molecule has 136 valence electrons. The van der Waals surface area contributed by atoms with Gasteiger partial charge in [0.05, 0.1) is 12.2 Å². The number of nitrogens with one attached hydrogen (secondary N) is 1. The lowest BCUT2D eigenvalue weighted by atomic mass is 10.2. The van der Waals surface area contributed by atoms with Crippen LogP contribution in [0.2, 0.25) is 5.02 Å². The second-order valence-corrected chi connectivity index (χ2v) is 6.80. The van der Waals surface area contributed by atoms with E-state index in [1.54, 1.807) is 32.0 Å². The molecule has 0 fully saturated rings. The highest BCUT2D eigenvalue weighted by atomic mass is 35.5. The quantitative estimate of drug-likeness (QED) is 0.748. The Morgan fingerprint density at radius 3 is 2.69 bits per heavy atom. The molecule has 0 aliphatic heterocycles. The van der Waals surface area contributed by atoms with Gasteiger partial charge in [-0.05, 0) is 50.1 Å². The first-order valence-corrected chi connectivity index (χ1v) is 8.96. The molecule has 0 atom stereocenters. The predicted octanol–water partition coefficient (Wildman–Crippen LogP) is 4.08. The fraction of sp³-hybridized carbons (Fsp3) is 0.278. The van der Waals surface area contributed by atoms with Crippen LogP contribution in [-0.2, 0) is 9.53 Å². The molecule has 1 N–H and O–H groups in total. The minimum Gasteiger partial charge on any atom is -0.483 e. The van der Waals surface area contributed by atoms with Crippen molar-refractivity contribution in [3.05, 3.63) is 44.8 Å². The lowest BCUT2D eigenvalue weighted by Crippen LogP contribution is -2.20. The number of rotatable bonds is 6. The van der Waals surface area contributed by atoms with Crippen molar-refractivity contribution in [1.29, 1.82) is 5.26 Å². The van der Waals surface area contributed by atoms with Crippen LogP contribution in [0.3, 0.4) is 0 Å². The normalized spacial score (nSPS) is 10.1. The number of aryl methyl sites for hydroxylation is 1. The van der Waals surface area contributed by atoms with Crippen molar-refractivity contribution >= 4 is 39.8 Å². The zero-order chi connectivity index (χ0) is 19.3. The molecule has 0 radical (unpaired) electrons. The lowest BCUT2D eigenvalue weighted by molar-refractivity contribution is -0.118. The maximum absolute atomic E-state index is 12.2. The SMILES string of the molecule is CCOC(=O)c1sc(NC(=O)COc2ccc(Cl)cc2C)c(C#N)c1C. The Kier molecular flexibility index (Phi) is 6.61. The molecular formula is C18H17ClN2O4S. The fourth-order valence-electron chi connectivity index (χ4n) is 2.21. The third-order valence-corrected chi connectivity index (χ3v) is 4.89. The van der Waals surface area contributed by atoms with Crippen molar-refractivity contribution in [2.24, 2.45) is 0 Å². The van der Waals surface area contributed by atoms with Crippen LogP contribution in [0.4, 0.5) is 5.00 Å². The summed E-state index contributed by atoms with van der Waals surface area (Å²) in [6.07, 6.45) is 0. The number of esters is 1. The molecule has 0 aliphatic rings. The lowest BCUT2D eigenvalue weighted by Gasteiger charge is -2.09. The molecule has 0 unspecified atom stereocenters. The van der Waals surface area contributed by atoms with Gasteiger partial charge in [-0.2, -0.15) is 5.26 Å². The Balaban J connectivity index is 2.10. The number of amides is 1. The van der Waals surface area contributed by atoms with Crippen LogP contribution in [0.15, 0.2) is 18.2 Å². The summed E-state index contributed by atoms with van der Waals surface area (Å²) < 4.78 is 10.5. The molecule has 0 bridgehead atoms. The van der Waals surface area contributed by atoms with Crippen molar-refractivity contribution in [3.8, 4) is 11.8 Å². The van der Waals surface area contributed by atoms with Gasteiger partial charge >= 0.3 is 5.97 Å². The molecule has 1 aromatic carbocycles. The zero-order valence-corrected chi connectivity index (χ0v) is 16.1. The third kappa shape index (κ3) is 4.54. The highest BCUT2D eigenvalue weighted by Crippen LogP contribution is 2.33. The average Bonchev–Trinajstić information content (AvgIpc) is 2.89. The van der Waals surface area contributed by atoms with Crippen LogP contribution in [0.1, 0.15) is 33.3 Å². The Morgan fingerprint density at radius 2 is 2.08 bits per heavy atom. The molecule has 2 aromatic rings. The van der Waals surface area contributed by atoms with E-state index in [0.29, 0.717) is 26.2 Å². The number of hydrogen-bond acceptors (Lipinski definition) is 6. The predicted molar refractivity (Wildman–Crippen MR) is 100 cm³/mol. The van der Waals surface area contributed by atoms with Gasteiger partial charge in [-0.3, -0.25) is 4.79 Å². The summed E-state index contributed by atoms with van der Waals surface area (Å²) in [4.78, 5) is 24.4. The zero-order valence-electron chi connectivity index (χ0n) is 14.5. The minimum atomic E-state index is -0.514. The maximum Gasteiger partial charge on any atom is 0.348 e. The van der Waals surface area contributed by atoms with Crippen molar-refractivity contribution in [2.45, 2.75) is 20.8 Å². The van der Waals surface area contributed by atoms with E-state index < -0.39 is 11.9 Å². The molecule has 1 heterocycles.